The van der Waals surface area contributed by atoms with Crippen LogP contribution in [0.2, 0.25) is 0 Å². The number of benzene rings is 4. The molecule has 0 fully saturated rings. The molecule has 4 rings (SSSR count). The van der Waals surface area contributed by atoms with Gasteiger partial charge in [-0.1, -0.05) is 119 Å². The van der Waals surface area contributed by atoms with E-state index in [-0.39, 0.29) is 0 Å². The van der Waals surface area contributed by atoms with Gasteiger partial charge in [-0.25, -0.2) is 0 Å². The second-order valence-corrected chi connectivity index (χ2v) is 9.14. The summed E-state index contributed by atoms with van der Waals surface area (Å²) in [6, 6.07) is 38.7. The Balaban J connectivity index is 1.87. The van der Waals surface area contributed by atoms with E-state index >= 15 is 0 Å². The van der Waals surface area contributed by atoms with Crippen LogP contribution in [-0.4, -0.2) is 12.1 Å². The van der Waals surface area contributed by atoms with E-state index < -0.39 is 0 Å². The molecule has 0 saturated heterocycles. The maximum Gasteiger partial charge on any atom is 0.0791 e. The summed E-state index contributed by atoms with van der Waals surface area (Å²) in [5.74, 6) is 0.870. The third-order valence-corrected chi connectivity index (χ3v) is 6.48. The lowest BCUT2D eigenvalue weighted by Crippen LogP contribution is -2.17. The van der Waals surface area contributed by atoms with Gasteiger partial charge in [-0.2, -0.15) is 0 Å². The number of anilines is 2. The zero-order valence-electron chi connectivity index (χ0n) is 16.4. The molecule has 0 unspecified atom stereocenters. The first-order valence-electron chi connectivity index (χ1n) is 9.60. The first-order chi connectivity index (χ1) is 14.4. The predicted octanol–water partition coefficient (Wildman–Crippen LogP) is 8.13. The zero-order chi connectivity index (χ0) is 19.9. The quantitative estimate of drug-likeness (QED) is 0.222. The summed E-state index contributed by atoms with van der Waals surface area (Å²) < 4.78 is 0. The van der Waals surface area contributed by atoms with Crippen LogP contribution in [0, 0.1) is 0 Å². The van der Waals surface area contributed by atoms with Gasteiger partial charge in [0.1, 0.15) is 0 Å². The van der Waals surface area contributed by atoms with Crippen LogP contribution < -0.4 is 4.90 Å². The van der Waals surface area contributed by atoms with Crippen LogP contribution in [0.5, 0.6) is 0 Å². The molecule has 0 aliphatic carbocycles. The molecule has 0 saturated carbocycles. The van der Waals surface area contributed by atoms with Gasteiger partial charge in [-0.3, -0.25) is 0 Å². The van der Waals surface area contributed by atoms with Crippen LogP contribution in [-0.2, 0) is 0 Å². The first-order valence-corrected chi connectivity index (χ1v) is 12.3. The molecule has 3 heteroatoms. The molecule has 1 nitrogen and oxygen atoms in total. The van der Waals surface area contributed by atoms with E-state index in [1.54, 1.807) is 10.8 Å². The molecule has 4 aromatic carbocycles. The summed E-state index contributed by atoms with van der Waals surface area (Å²) >= 11 is 0. The molecule has 0 radical (unpaired) electrons. The average Bonchev–Trinajstić information content (AvgIpc) is 2.81. The van der Waals surface area contributed by atoms with Crippen molar-refractivity contribution >= 4 is 33.0 Å². The zero-order valence-corrected chi connectivity index (χ0v) is 18.0. The van der Waals surface area contributed by atoms with E-state index in [9.17, 15) is 0 Å². The molecule has 0 heterocycles. The Hall–Kier alpha value is -2.62. The molecule has 4 aromatic rings. The molecule has 0 amide bonds. The van der Waals surface area contributed by atoms with Gasteiger partial charge in [0.05, 0.1) is 5.88 Å². The van der Waals surface area contributed by atoms with Gasteiger partial charge in [-0.15, -0.1) is 0 Å². The number of hydrogen-bond donors (Lipinski definition) is 0. The van der Waals surface area contributed by atoms with Gasteiger partial charge < -0.3 is 4.90 Å². The molecular formula is C26H23NS2. The monoisotopic (exact) mass is 413 g/mol. The fourth-order valence-electron chi connectivity index (χ4n) is 3.52. The maximum atomic E-state index is 2.44. The highest BCUT2D eigenvalue weighted by atomic mass is 33.1. The van der Waals surface area contributed by atoms with Gasteiger partial charge in [0.25, 0.3) is 0 Å². The van der Waals surface area contributed by atoms with E-state index in [1.165, 1.54) is 33.6 Å². The van der Waals surface area contributed by atoms with Crippen LogP contribution in [0.4, 0.5) is 11.4 Å². The molecule has 0 aliphatic heterocycles. The minimum Gasteiger partial charge on any atom is -0.330 e. The standard InChI is InChI=1S/C26H23NS2/c1-28-29-20-27(25-18-10-8-16-23(25)21-12-4-2-5-13-21)26-19-11-9-17-24(26)22-14-6-3-7-15-22/h2-19H,20H2,1H3. The van der Waals surface area contributed by atoms with E-state index in [2.05, 4.69) is 120 Å². The number of hydrogen-bond acceptors (Lipinski definition) is 3. The normalized spacial score (nSPS) is 10.7. The van der Waals surface area contributed by atoms with Gasteiger partial charge >= 0.3 is 0 Å². The van der Waals surface area contributed by atoms with Crippen molar-refractivity contribution in [3.8, 4) is 22.3 Å². The van der Waals surface area contributed by atoms with Crippen LogP contribution in [0.3, 0.4) is 0 Å². The Kier molecular flexibility index (Phi) is 6.60. The van der Waals surface area contributed by atoms with E-state index in [0.717, 1.165) is 5.88 Å². The minimum atomic E-state index is 0.870. The Bertz CT molecular complexity index is 965. The van der Waals surface area contributed by atoms with Crippen LogP contribution in [0.15, 0.2) is 109 Å². The average molecular weight is 414 g/mol. The smallest absolute Gasteiger partial charge is 0.0791 e. The minimum absolute atomic E-state index is 0.870. The topological polar surface area (TPSA) is 3.24 Å². The SMILES string of the molecule is CSSCN(c1ccccc1-c1ccccc1)c1ccccc1-c1ccccc1. The molecule has 0 bridgehead atoms. The lowest BCUT2D eigenvalue weighted by atomic mass is 10.00. The van der Waals surface area contributed by atoms with Crippen molar-refractivity contribution in [3.05, 3.63) is 109 Å². The van der Waals surface area contributed by atoms with Gasteiger partial charge in [0.2, 0.25) is 0 Å². The maximum absolute atomic E-state index is 2.44. The van der Waals surface area contributed by atoms with Crippen molar-refractivity contribution in [2.45, 2.75) is 0 Å². The summed E-state index contributed by atoms with van der Waals surface area (Å²) in [5, 5.41) is 0. The molecule has 144 valence electrons. The highest BCUT2D eigenvalue weighted by molar-refractivity contribution is 8.76. The Morgan fingerprint density at radius 2 is 0.966 bits per heavy atom. The number of para-hydroxylation sites is 2. The Morgan fingerprint density at radius 3 is 1.41 bits per heavy atom. The number of nitrogens with zero attached hydrogens (tertiary/aromatic N) is 1. The van der Waals surface area contributed by atoms with Crippen molar-refractivity contribution in [2.24, 2.45) is 0 Å². The summed E-state index contributed by atoms with van der Waals surface area (Å²) in [6.07, 6.45) is 2.13. The fourth-order valence-corrected chi connectivity index (χ4v) is 4.64. The van der Waals surface area contributed by atoms with Crippen molar-refractivity contribution in [2.75, 3.05) is 17.0 Å². The van der Waals surface area contributed by atoms with Gasteiger partial charge in [0.15, 0.2) is 0 Å². The van der Waals surface area contributed by atoms with Crippen LogP contribution >= 0.6 is 21.6 Å². The second-order valence-electron chi connectivity index (χ2n) is 6.61. The third kappa shape index (κ3) is 4.52. The lowest BCUT2D eigenvalue weighted by Gasteiger charge is -2.29. The van der Waals surface area contributed by atoms with Crippen molar-refractivity contribution in [3.63, 3.8) is 0 Å². The highest BCUT2D eigenvalue weighted by Gasteiger charge is 2.17. The van der Waals surface area contributed by atoms with E-state index in [0.29, 0.717) is 0 Å². The summed E-state index contributed by atoms with van der Waals surface area (Å²) in [5.41, 5.74) is 7.42. The molecule has 0 N–H and O–H groups in total. The molecule has 29 heavy (non-hydrogen) atoms. The molecular weight excluding hydrogens is 390 g/mol. The lowest BCUT2D eigenvalue weighted by molar-refractivity contribution is 1.18. The number of rotatable bonds is 7. The van der Waals surface area contributed by atoms with Gasteiger partial charge in [0, 0.05) is 22.5 Å². The van der Waals surface area contributed by atoms with Crippen molar-refractivity contribution in [1.82, 2.24) is 0 Å². The summed E-state index contributed by atoms with van der Waals surface area (Å²) in [7, 11) is 3.65. The first kappa shape index (κ1) is 19.7. The molecule has 0 atom stereocenters. The predicted molar refractivity (Wildman–Crippen MR) is 132 cm³/mol. The highest BCUT2D eigenvalue weighted by Crippen LogP contribution is 2.41. The summed E-state index contributed by atoms with van der Waals surface area (Å²) in [4.78, 5) is 2.44. The molecule has 0 aromatic heterocycles. The largest absolute Gasteiger partial charge is 0.330 e. The van der Waals surface area contributed by atoms with Crippen molar-refractivity contribution in [1.29, 1.82) is 0 Å². The molecule has 0 aliphatic rings. The van der Waals surface area contributed by atoms with Crippen LogP contribution in [0.25, 0.3) is 22.3 Å². The summed E-state index contributed by atoms with van der Waals surface area (Å²) in [6.45, 7) is 0. The third-order valence-electron chi connectivity index (χ3n) is 4.86. The van der Waals surface area contributed by atoms with Crippen molar-refractivity contribution < 1.29 is 0 Å². The van der Waals surface area contributed by atoms with Crippen LogP contribution in [0.1, 0.15) is 0 Å². The Morgan fingerprint density at radius 1 is 0.552 bits per heavy atom. The second kappa shape index (κ2) is 9.73. The fraction of sp³-hybridized carbons (Fsp3) is 0.0769. The molecule has 0 spiro atoms. The Labute approximate surface area is 181 Å². The van der Waals surface area contributed by atoms with Gasteiger partial charge in [-0.05, 0) is 29.5 Å². The van der Waals surface area contributed by atoms with E-state index in [4.69, 9.17) is 0 Å². The van der Waals surface area contributed by atoms with E-state index in [1.807, 2.05) is 10.8 Å².